The molecule has 3 aromatic carbocycles. The molecular weight excluding hydrogens is 469 g/mol. The van der Waals surface area contributed by atoms with Gasteiger partial charge in [0.05, 0.1) is 4.90 Å². The number of aryl methyl sites for hydroxylation is 1. The van der Waals surface area contributed by atoms with Gasteiger partial charge >= 0.3 is 5.97 Å². The Bertz CT molecular complexity index is 1380. The van der Waals surface area contributed by atoms with Crippen LogP contribution in [0, 0.1) is 12.7 Å². The van der Waals surface area contributed by atoms with E-state index in [0.717, 1.165) is 22.3 Å². The third-order valence-corrected chi connectivity index (χ3v) is 8.41. The zero-order chi connectivity index (χ0) is 25.5. The highest BCUT2D eigenvalue weighted by Crippen LogP contribution is 2.43. The first-order valence-corrected chi connectivity index (χ1v) is 12.7. The molecule has 6 nitrogen and oxygen atoms in total. The highest BCUT2D eigenvalue weighted by atomic mass is 32.2. The molecule has 1 aliphatic heterocycles. The van der Waals surface area contributed by atoms with Gasteiger partial charge in [0.2, 0.25) is 10.0 Å². The van der Waals surface area contributed by atoms with Crippen LogP contribution in [0.25, 0.3) is 11.1 Å². The van der Waals surface area contributed by atoms with E-state index in [-0.39, 0.29) is 10.7 Å². The highest BCUT2D eigenvalue weighted by Gasteiger charge is 2.42. The number of sulfonamides is 1. The fourth-order valence-corrected chi connectivity index (χ4v) is 6.48. The van der Waals surface area contributed by atoms with Crippen LogP contribution in [0.3, 0.4) is 0 Å². The molecule has 1 atom stereocenters. The quantitative estimate of drug-likeness (QED) is 0.499. The van der Waals surface area contributed by atoms with Gasteiger partial charge in [-0.05, 0) is 78.1 Å². The molecule has 4 rings (SSSR count). The van der Waals surface area contributed by atoms with Gasteiger partial charge in [-0.15, -0.1) is 0 Å². The van der Waals surface area contributed by atoms with Gasteiger partial charge < -0.3 is 9.84 Å². The summed E-state index contributed by atoms with van der Waals surface area (Å²) in [6, 6.07) is 16.3. The van der Waals surface area contributed by atoms with E-state index in [9.17, 15) is 17.6 Å². The molecule has 0 aromatic heterocycles. The number of aliphatic carboxylic acids is 1. The first kappa shape index (κ1) is 24.9. The van der Waals surface area contributed by atoms with Gasteiger partial charge in [-0.25, -0.2) is 17.6 Å². The van der Waals surface area contributed by atoms with E-state index >= 15 is 0 Å². The fraction of sp³-hybridized carbons (Fsp3) is 0.296. The summed E-state index contributed by atoms with van der Waals surface area (Å²) in [5.41, 5.74) is 3.83. The van der Waals surface area contributed by atoms with E-state index < -0.39 is 34.1 Å². The lowest BCUT2D eigenvalue weighted by Crippen LogP contribution is -2.47. The number of ether oxygens (including phenoxy) is 1. The molecule has 1 heterocycles. The van der Waals surface area contributed by atoms with Crippen molar-refractivity contribution in [3.63, 3.8) is 0 Å². The third-order valence-electron chi connectivity index (χ3n) is 6.50. The molecule has 8 heteroatoms. The van der Waals surface area contributed by atoms with Crippen LogP contribution >= 0.6 is 0 Å². The van der Waals surface area contributed by atoms with E-state index in [1.165, 1.54) is 34.6 Å². The van der Waals surface area contributed by atoms with E-state index in [4.69, 9.17) is 9.84 Å². The molecule has 0 spiro atoms. The molecule has 184 valence electrons. The maximum Gasteiger partial charge on any atom is 0.341 e. The van der Waals surface area contributed by atoms with Crippen molar-refractivity contribution in [2.24, 2.45) is 0 Å². The van der Waals surface area contributed by atoms with Crippen molar-refractivity contribution in [3.05, 3.63) is 83.2 Å². The number of carboxylic acids is 1. The van der Waals surface area contributed by atoms with Crippen LogP contribution in [0.1, 0.15) is 43.5 Å². The summed E-state index contributed by atoms with van der Waals surface area (Å²) in [4.78, 5) is 10.9. The molecule has 1 unspecified atom stereocenters. The maximum absolute atomic E-state index is 13.8. The number of carboxylic acid groups (broad SMARTS) is 1. The first-order valence-electron chi connectivity index (χ1n) is 11.3. The van der Waals surface area contributed by atoms with Crippen molar-refractivity contribution < 1.29 is 27.4 Å². The van der Waals surface area contributed by atoms with Gasteiger partial charge in [-0.3, -0.25) is 0 Å². The van der Waals surface area contributed by atoms with Gasteiger partial charge in [-0.2, -0.15) is 4.31 Å². The van der Waals surface area contributed by atoms with Crippen molar-refractivity contribution in [1.29, 1.82) is 0 Å². The Morgan fingerprint density at radius 1 is 1.09 bits per heavy atom. The van der Waals surface area contributed by atoms with Crippen molar-refractivity contribution in [2.75, 3.05) is 13.2 Å². The topological polar surface area (TPSA) is 83.9 Å². The van der Waals surface area contributed by atoms with Crippen LogP contribution in [0.15, 0.2) is 65.6 Å². The Morgan fingerprint density at radius 2 is 1.74 bits per heavy atom. The number of rotatable bonds is 6. The number of carbonyl (C=O) groups is 1. The van der Waals surface area contributed by atoms with Crippen LogP contribution in [-0.2, 0) is 20.2 Å². The van der Waals surface area contributed by atoms with Gasteiger partial charge in [0, 0.05) is 18.0 Å². The van der Waals surface area contributed by atoms with Crippen LogP contribution in [-0.4, -0.2) is 37.0 Å². The first-order chi connectivity index (χ1) is 16.4. The number of halogens is 1. The summed E-state index contributed by atoms with van der Waals surface area (Å²) in [6.07, 6.45) is 0. The monoisotopic (exact) mass is 497 g/mol. The number of hydrogen-bond donors (Lipinski definition) is 1. The summed E-state index contributed by atoms with van der Waals surface area (Å²) in [5, 5.41) is 8.84. The number of benzene rings is 3. The van der Waals surface area contributed by atoms with Crippen molar-refractivity contribution >= 4 is 16.0 Å². The van der Waals surface area contributed by atoms with Gasteiger partial charge in [-0.1, -0.05) is 38.1 Å². The maximum atomic E-state index is 13.8. The summed E-state index contributed by atoms with van der Waals surface area (Å²) in [6.45, 7) is 7.40. The molecule has 0 radical (unpaired) electrons. The lowest BCUT2D eigenvalue weighted by molar-refractivity contribution is -0.139. The zero-order valence-corrected chi connectivity index (χ0v) is 20.9. The Kier molecular flexibility index (Phi) is 6.46. The van der Waals surface area contributed by atoms with Crippen LogP contribution in [0.4, 0.5) is 4.39 Å². The average molecular weight is 498 g/mol. The minimum absolute atomic E-state index is 0.124. The second kappa shape index (κ2) is 9.09. The SMILES string of the molecule is Cc1cc(S(=O)(=O)N2CC(C)(C)c3ccc(-c4ccc(F)cc4)cc3C2C)ccc1OCC(=O)O. The van der Waals surface area contributed by atoms with E-state index in [1.54, 1.807) is 19.1 Å². The van der Waals surface area contributed by atoms with Crippen LogP contribution in [0.5, 0.6) is 5.75 Å². The Labute approximate surface area is 205 Å². The van der Waals surface area contributed by atoms with Crippen LogP contribution < -0.4 is 4.74 Å². The van der Waals surface area contributed by atoms with Crippen molar-refractivity contribution in [3.8, 4) is 16.9 Å². The molecule has 0 bridgehead atoms. The Hall–Kier alpha value is -3.23. The molecule has 1 N–H and O–H groups in total. The summed E-state index contributed by atoms with van der Waals surface area (Å²) < 4.78 is 47.7. The molecule has 35 heavy (non-hydrogen) atoms. The third kappa shape index (κ3) is 4.81. The molecular formula is C27H28FNO5S. The molecule has 0 amide bonds. The molecule has 0 saturated heterocycles. The van der Waals surface area contributed by atoms with Gasteiger partial charge in [0.15, 0.2) is 6.61 Å². The van der Waals surface area contributed by atoms with Gasteiger partial charge in [0.1, 0.15) is 11.6 Å². The predicted octanol–water partition coefficient (Wildman–Crippen LogP) is 5.31. The summed E-state index contributed by atoms with van der Waals surface area (Å²) >= 11 is 0. The highest BCUT2D eigenvalue weighted by molar-refractivity contribution is 7.89. The Balaban J connectivity index is 1.72. The summed E-state index contributed by atoms with van der Waals surface area (Å²) in [5.74, 6) is -1.09. The van der Waals surface area contributed by atoms with E-state index in [2.05, 4.69) is 0 Å². The zero-order valence-electron chi connectivity index (χ0n) is 20.1. The number of fused-ring (bicyclic) bond motifs is 1. The van der Waals surface area contributed by atoms with Crippen molar-refractivity contribution in [2.45, 2.75) is 44.0 Å². The molecule has 0 fully saturated rings. The fourth-order valence-electron chi connectivity index (χ4n) is 4.63. The predicted molar refractivity (Wildman–Crippen MR) is 131 cm³/mol. The number of nitrogens with zero attached hydrogens (tertiary/aromatic N) is 1. The average Bonchev–Trinajstić information content (AvgIpc) is 2.80. The Morgan fingerprint density at radius 3 is 2.37 bits per heavy atom. The number of hydrogen-bond acceptors (Lipinski definition) is 4. The van der Waals surface area contributed by atoms with Gasteiger partial charge in [0.25, 0.3) is 0 Å². The minimum atomic E-state index is -3.87. The van der Waals surface area contributed by atoms with E-state index in [1.807, 2.05) is 39.0 Å². The van der Waals surface area contributed by atoms with E-state index in [0.29, 0.717) is 17.9 Å². The molecule has 0 aliphatic carbocycles. The van der Waals surface area contributed by atoms with Crippen molar-refractivity contribution in [1.82, 2.24) is 4.31 Å². The molecule has 1 aliphatic rings. The second-order valence-electron chi connectivity index (χ2n) is 9.53. The minimum Gasteiger partial charge on any atom is -0.482 e. The largest absolute Gasteiger partial charge is 0.482 e. The smallest absolute Gasteiger partial charge is 0.341 e. The lowest BCUT2D eigenvalue weighted by Gasteiger charge is -2.43. The normalized spacial score (nSPS) is 17.6. The lowest BCUT2D eigenvalue weighted by atomic mass is 9.76. The standard InChI is InChI=1S/C27H28FNO5S/c1-17-13-22(10-12-25(17)34-15-26(30)31)35(32,33)29-16-27(3,4)24-11-7-20(14-23(24)18(29)2)19-5-8-21(28)9-6-19/h5-14,18H,15-16H2,1-4H3,(H,30,31). The summed E-state index contributed by atoms with van der Waals surface area (Å²) in [7, 11) is -3.87. The molecule has 3 aromatic rings. The molecule has 0 saturated carbocycles. The second-order valence-corrected chi connectivity index (χ2v) is 11.4. The van der Waals surface area contributed by atoms with Crippen LogP contribution in [0.2, 0.25) is 0 Å².